The minimum Gasteiger partial charge on any atom is -0.497 e. The summed E-state index contributed by atoms with van der Waals surface area (Å²) in [5.74, 6) is 0.843. The SMILES string of the molecule is COc1cccc(C2CN([C@@H]3N=C(c4ccncn4)C=CN3C)CCO2)c1. The molecule has 140 valence electrons. The quantitative estimate of drug-likeness (QED) is 0.827. The molecule has 3 heterocycles. The Bertz CT molecular complexity index is 839. The van der Waals surface area contributed by atoms with E-state index in [1.807, 2.05) is 43.6 Å². The molecule has 0 amide bonds. The van der Waals surface area contributed by atoms with Gasteiger partial charge in [-0.2, -0.15) is 0 Å². The molecule has 1 unspecified atom stereocenters. The van der Waals surface area contributed by atoms with Crippen molar-refractivity contribution < 1.29 is 9.47 Å². The minimum atomic E-state index is -0.0861. The molecule has 0 radical (unpaired) electrons. The topological polar surface area (TPSA) is 63.1 Å². The van der Waals surface area contributed by atoms with Gasteiger partial charge in [-0.15, -0.1) is 0 Å². The average molecular weight is 365 g/mol. The molecule has 4 rings (SSSR count). The summed E-state index contributed by atoms with van der Waals surface area (Å²) >= 11 is 0. The minimum absolute atomic E-state index is 0.00847. The van der Waals surface area contributed by atoms with Crippen LogP contribution in [0.3, 0.4) is 0 Å². The van der Waals surface area contributed by atoms with E-state index in [9.17, 15) is 0 Å². The van der Waals surface area contributed by atoms with Crippen molar-refractivity contribution in [2.45, 2.75) is 12.4 Å². The van der Waals surface area contributed by atoms with Gasteiger partial charge in [0.15, 0.2) is 6.29 Å². The number of aliphatic imine (C=N–C) groups is 1. The molecule has 0 aliphatic carbocycles. The van der Waals surface area contributed by atoms with Crippen molar-refractivity contribution in [2.24, 2.45) is 4.99 Å². The number of hydrogen-bond acceptors (Lipinski definition) is 7. The molecular formula is C20H23N5O2. The lowest BCUT2D eigenvalue weighted by atomic mass is 10.1. The number of methoxy groups -OCH3 is 1. The maximum absolute atomic E-state index is 6.03. The van der Waals surface area contributed by atoms with E-state index in [2.05, 4.69) is 25.8 Å². The van der Waals surface area contributed by atoms with Gasteiger partial charge >= 0.3 is 0 Å². The fourth-order valence-corrected chi connectivity index (χ4v) is 3.38. The van der Waals surface area contributed by atoms with Crippen LogP contribution < -0.4 is 4.74 Å². The van der Waals surface area contributed by atoms with Crippen molar-refractivity contribution in [1.29, 1.82) is 0 Å². The first-order chi connectivity index (χ1) is 13.2. The maximum atomic E-state index is 6.03. The van der Waals surface area contributed by atoms with Crippen LogP contribution in [0.5, 0.6) is 5.75 Å². The molecule has 1 fully saturated rings. The van der Waals surface area contributed by atoms with Gasteiger partial charge in [-0.05, 0) is 29.8 Å². The number of morpholine rings is 1. The number of allylic oxidation sites excluding steroid dienone is 1. The Balaban J connectivity index is 1.54. The first-order valence-corrected chi connectivity index (χ1v) is 8.98. The highest BCUT2D eigenvalue weighted by Crippen LogP contribution is 2.27. The van der Waals surface area contributed by atoms with Crippen LogP contribution in [0, 0.1) is 0 Å². The molecule has 0 N–H and O–H groups in total. The molecule has 7 heteroatoms. The van der Waals surface area contributed by atoms with Crippen molar-refractivity contribution in [1.82, 2.24) is 19.8 Å². The number of rotatable bonds is 4. The van der Waals surface area contributed by atoms with Crippen molar-refractivity contribution in [3.63, 3.8) is 0 Å². The lowest BCUT2D eigenvalue weighted by Crippen LogP contribution is -2.50. The molecule has 1 saturated heterocycles. The highest BCUT2D eigenvalue weighted by Gasteiger charge is 2.30. The normalized spacial score (nSPS) is 23.2. The van der Waals surface area contributed by atoms with E-state index in [1.165, 1.54) is 0 Å². The van der Waals surface area contributed by atoms with E-state index in [-0.39, 0.29) is 12.4 Å². The largest absolute Gasteiger partial charge is 0.497 e. The average Bonchev–Trinajstić information content (AvgIpc) is 2.75. The Morgan fingerprint density at radius 2 is 2.19 bits per heavy atom. The van der Waals surface area contributed by atoms with Gasteiger partial charge in [-0.1, -0.05) is 12.1 Å². The molecule has 1 aromatic carbocycles. The Hall–Kier alpha value is -2.77. The van der Waals surface area contributed by atoms with E-state index in [0.717, 1.165) is 35.8 Å². The third kappa shape index (κ3) is 3.84. The maximum Gasteiger partial charge on any atom is 0.178 e. The Morgan fingerprint density at radius 1 is 1.26 bits per heavy atom. The second kappa shape index (κ2) is 7.85. The Kier molecular flexibility index (Phi) is 5.13. The highest BCUT2D eigenvalue weighted by molar-refractivity contribution is 6.07. The van der Waals surface area contributed by atoms with Gasteiger partial charge in [0, 0.05) is 32.5 Å². The molecule has 2 atom stereocenters. The Morgan fingerprint density at radius 3 is 3.00 bits per heavy atom. The van der Waals surface area contributed by atoms with Crippen molar-refractivity contribution in [2.75, 3.05) is 33.9 Å². The van der Waals surface area contributed by atoms with Crippen molar-refractivity contribution >= 4 is 5.71 Å². The smallest absolute Gasteiger partial charge is 0.178 e. The summed E-state index contributed by atoms with van der Waals surface area (Å²) in [6, 6.07) is 9.94. The first-order valence-electron chi connectivity index (χ1n) is 8.98. The zero-order valence-corrected chi connectivity index (χ0v) is 15.5. The summed E-state index contributed by atoms with van der Waals surface area (Å²) in [4.78, 5) is 17.7. The summed E-state index contributed by atoms with van der Waals surface area (Å²) in [6.45, 7) is 2.24. The molecule has 0 spiro atoms. The highest BCUT2D eigenvalue weighted by atomic mass is 16.5. The summed E-state index contributed by atoms with van der Waals surface area (Å²) in [5, 5.41) is 0. The summed E-state index contributed by atoms with van der Waals surface area (Å²) in [6.07, 6.45) is 7.22. The van der Waals surface area contributed by atoms with Gasteiger partial charge in [0.2, 0.25) is 0 Å². The van der Waals surface area contributed by atoms with Crippen LogP contribution in [-0.4, -0.2) is 65.6 Å². The van der Waals surface area contributed by atoms with E-state index in [1.54, 1.807) is 19.6 Å². The second-order valence-electron chi connectivity index (χ2n) is 6.57. The van der Waals surface area contributed by atoms with E-state index < -0.39 is 0 Å². The molecule has 1 aromatic heterocycles. The van der Waals surface area contributed by atoms with Gasteiger partial charge in [0.05, 0.1) is 31.2 Å². The molecule has 2 aliphatic rings. The molecule has 0 bridgehead atoms. The summed E-state index contributed by atoms with van der Waals surface area (Å²) < 4.78 is 11.4. The van der Waals surface area contributed by atoms with Gasteiger partial charge in [0.25, 0.3) is 0 Å². The third-order valence-corrected chi connectivity index (χ3v) is 4.82. The number of nitrogens with zero attached hydrogens (tertiary/aromatic N) is 5. The molecule has 0 saturated carbocycles. The third-order valence-electron chi connectivity index (χ3n) is 4.82. The van der Waals surface area contributed by atoms with Gasteiger partial charge in [-0.3, -0.25) is 4.90 Å². The van der Waals surface area contributed by atoms with E-state index in [0.29, 0.717) is 6.61 Å². The summed E-state index contributed by atoms with van der Waals surface area (Å²) in [7, 11) is 3.72. The van der Waals surface area contributed by atoms with Gasteiger partial charge in [0.1, 0.15) is 12.1 Å². The fourth-order valence-electron chi connectivity index (χ4n) is 3.38. The van der Waals surface area contributed by atoms with Gasteiger partial charge in [-0.25, -0.2) is 15.0 Å². The van der Waals surface area contributed by atoms with Crippen LogP contribution in [0.25, 0.3) is 0 Å². The molecule has 27 heavy (non-hydrogen) atoms. The number of aromatic nitrogens is 2. The number of benzene rings is 1. The monoisotopic (exact) mass is 365 g/mol. The predicted molar refractivity (Wildman–Crippen MR) is 103 cm³/mol. The van der Waals surface area contributed by atoms with Gasteiger partial charge < -0.3 is 14.4 Å². The number of hydrogen-bond donors (Lipinski definition) is 0. The standard InChI is InChI=1S/C20H23N5O2/c1-24-9-7-18(17-6-8-21-14-22-17)23-20(24)25-10-11-27-19(13-25)15-4-3-5-16(12-15)26-2/h3-9,12,14,19-20H,10-11,13H2,1-2H3/t19?,20-/m1/s1. The van der Waals surface area contributed by atoms with E-state index in [4.69, 9.17) is 14.5 Å². The zero-order valence-electron chi connectivity index (χ0n) is 15.5. The Labute approximate surface area is 159 Å². The zero-order chi connectivity index (χ0) is 18.6. The lowest BCUT2D eigenvalue weighted by Gasteiger charge is -2.41. The van der Waals surface area contributed by atoms with E-state index >= 15 is 0 Å². The van der Waals surface area contributed by atoms with Crippen LogP contribution in [-0.2, 0) is 4.74 Å². The van der Waals surface area contributed by atoms with Crippen LogP contribution in [0.15, 0.2) is 60.1 Å². The molecule has 2 aliphatic heterocycles. The summed E-state index contributed by atoms with van der Waals surface area (Å²) in [5.41, 5.74) is 2.81. The predicted octanol–water partition coefficient (Wildman–Crippen LogP) is 2.09. The lowest BCUT2D eigenvalue weighted by molar-refractivity contribution is -0.0633. The van der Waals surface area contributed by atoms with Crippen molar-refractivity contribution in [3.05, 3.63) is 66.4 Å². The van der Waals surface area contributed by atoms with Crippen LogP contribution in [0.4, 0.5) is 0 Å². The first kappa shape index (κ1) is 17.6. The molecule has 7 nitrogen and oxygen atoms in total. The number of ether oxygens (including phenoxy) is 2. The molecular weight excluding hydrogens is 342 g/mol. The second-order valence-corrected chi connectivity index (χ2v) is 6.57. The van der Waals surface area contributed by atoms with Crippen molar-refractivity contribution in [3.8, 4) is 5.75 Å². The van der Waals surface area contributed by atoms with Crippen LogP contribution in [0.2, 0.25) is 0 Å². The van der Waals surface area contributed by atoms with Crippen LogP contribution in [0.1, 0.15) is 17.4 Å². The fraction of sp³-hybridized carbons (Fsp3) is 0.350. The molecule has 2 aromatic rings. The van der Waals surface area contributed by atoms with Crippen LogP contribution >= 0.6 is 0 Å².